The van der Waals surface area contributed by atoms with E-state index in [0.29, 0.717) is 19.4 Å². The predicted molar refractivity (Wildman–Crippen MR) is 65.4 cm³/mol. The second kappa shape index (κ2) is 6.96. The standard InChI is InChI=1S/C11H21NO4S/c13-8-4-1-3-7-12-11(14)10-6-2-5-9-17(10,15)16/h10,13H,1-9H2,(H,12,14). The Morgan fingerprint density at radius 1 is 1.24 bits per heavy atom. The van der Waals surface area contributed by atoms with Crippen molar-refractivity contribution in [2.75, 3.05) is 18.9 Å². The number of rotatable bonds is 6. The van der Waals surface area contributed by atoms with Gasteiger partial charge in [-0.25, -0.2) is 8.42 Å². The summed E-state index contributed by atoms with van der Waals surface area (Å²) in [6.45, 7) is 0.649. The molecule has 0 aliphatic carbocycles. The first-order valence-corrected chi connectivity index (χ1v) is 7.89. The van der Waals surface area contributed by atoms with Gasteiger partial charge in [0, 0.05) is 13.2 Å². The van der Waals surface area contributed by atoms with Gasteiger partial charge in [0.1, 0.15) is 5.25 Å². The summed E-state index contributed by atoms with van der Waals surface area (Å²) in [6.07, 6.45) is 4.26. The Morgan fingerprint density at radius 3 is 2.65 bits per heavy atom. The van der Waals surface area contributed by atoms with Gasteiger partial charge in [-0.15, -0.1) is 0 Å². The Balaban J connectivity index is 2.31. The van der Waals surface area contributed by atoms with Crippen LogP contribution in [0.3, 0.4) is 0 Å². The van der Waals surface area contributed by atoms with Gasteiger partial charge in [0.2, 0.25) is 5.91 Å². The molecule has 6 heteroatoms. The van der Waals surface area contributed by atoms with E-state index >= 15 is 0 Å². The van der Waals surface area contributed by atoms with Crippen LogP contribution in [0.5, 0.6) is 0 Å². The number of carbonyl (C=O) groups excluding carboxylic acids is 1. The molecule has 0 aromatic heterocycles. The van der Waals surface area contributed by atoms with Crippen LogP contribution < -0.4 is 5.32 Å². The van der Waals surface area contributed by atoms with Crippen LogP contribution in [-0.2, 0) is 14.6 Å². The number of aliphatic hydroxyl groups is 1. The van der Waals surface area contributed by atoms with Crippen molar-refractivity contribution in [2.45, 2.75) is 43.8 Å². The molecule has 17 heavy (non-hydrogen) atoms. The molecule has 0 saturated carbocycles. The molecule has 0 radical (unpaired) electrons. The van der Waals surface area contributed by atoms with E-state index in [-0.39, 0.29) is 18.3 Å². The van der Waals surface area contributed by atoms with Crippen LogP contribution in [0, 0.1) is 0 Å². The molecule has 1 unspecified atom stereocenters. The van der Waals surface area contributed by atoms with Crippen LogP contribution in [0.15, 0.2) is 0 Å². The Morgan fingerprint density at radius 2 is 2.00 bits per heavy atom. The summed E-state index contributed by atoms with van der Waals surface area (Å²) in [6, 6.07) is 0. The third-order valence-electron chi connectivity index (χ3n) is 3.01. The van der Waals surface area contributed by atoms with Gasteiger partial charge in [-0.1, -0.05) is 6.42 Å². The van der Waals surface area contributed by atoms with Gasteiger partial charge in [-0.2, -0.15) is 0 Å². The van der Waals surface area contributed by atoms with Crippen molar-refractivity contribution < 1.29 is 18.3 Å². The quantitative estimate of drug-likeness (QED) is 0.672. The molecule has 1 aliphatic heterocycles. The van der Waals surface area contributed by atoms with Gasteiger partial charge < -0.3 is 10.4 Å². The molecule has 0 aromatic carbocycles. The van der Waals surface area contributed by atoms with Gasteiger partial charge in [0.25, 0.3) is 0 Å². The summed E-state index contributed by atoms with van der Waals surface area (Å²) in [5.74, 6) is -0.219. The van der Waals surface area contributed by atoms with Gasteiger partial charge in [-0.3, -0.25) is 4.79 Å². The summed E-state index contributed by atoms with van der Waals surface area (Å²) in [5.41, 5.74) is 0. The van der Waals surface area contributed by atoms with E-state index in [1.54, 1.807) is 0 Å². The van der Waals surface area contributed by atoms with Crippen LogP contribution in [-0.4, -0.2) is 43.6 Å². The zero-order valence-electron chi connectivity index (χ0n) is 10.0. The maximum atomic E-state index is 11.7. The molecule has 1 aliphatic rings. The van der Waals surface area contributed by atoms with Crippen molar-refractivity contribution >= 4 is 15.7 Å². The number of unbranched alkanes of at least 4 members (excludes halogenated alkanes) is 2. The first-order chi connectivity index (χ1) is 8.08. The Bertz CT molecular complexity index is 339. The van der Waals surface area contributed by atoms with Crippen molar-refractivity contribution in [3.63, 3.8) is 0 Å². The van der Waals surface area contributed by atoms with Crippen molar-refractivity contribution in [1.29, 1.82) is 0 Å². The maximum absolute atomic E-state index is 11.7. The molecule has 0 aromatic rings. The van der Waals surface area contributed by atoms with Gasteiger partial charge in [-0.05, 0) is 32.1 Å². The Kier molecular flexibility index (Phi) is 5.91. The van der Waals surface area contributed by atoms with E-state index in [1.165, 1.54) is 0 Å². The molecule has 0 spiro atoms. The summed E-state index contributed by atoms with van der Waals surface area (Å²) >= 11 is 0. The molecule has 5 nitrogen and oxygen atoms in total. The van der Waals surface area contributed by atoms with Crippen LogP contribution in [0.2, 0.25) is 0 Å². The minimum absolute atomic E-state index is 0.135. The second-order valence-corrected chi connectivity index (χ2v) is 6.73. The largest absolute Gasteiger partial charge is 0.396 e. The summed E-state index contributed by atoms with van der Waals surface area (Å²) in [5, 5.41) is 10.4. The minimum Gasteiger partial charge on any atom is -0.396 e. The van der Waals surface area contributed by atoms with Crippen LogP contribution in [0.1, 0.15) is 38.5 Å². The third-order valence-corrected chi connectivity index (χ3v) is 5.18. The van der Waals surface area contributed by atoms with Gasteiger partial charge in [0.05, 0.1) is 5.75 Å². The SMILES string of the molecule is O=C(NCCCCCO)C1CCCCS1(=O)=O. The second-order valence-electron chi connectivity index (χ2n) is 4.43. The van der Waals surface area contributed by atoms with Crippen molar-refractivity contribution in [3.05, 3.63) is 0 Å². The topological polar surface area (TPSA) is 83.5 Å². The van der Waals surface area contributed by atoms with Crippen LogP contribution in [0.4, 0.5) is 0 Å². The fraction of sp³-hybridized carbons (Fsp3) is 0.909. The lowest BCUT2D eigenvalue weighted by atomic mass is 10.2. The monoisotopic (exact) mass is 263 g/mol. The van der Waals surface area contributed by atoms with E-state index in [9.17, 15) is 13.2 Å². The normalized spacial score (nSPS) is 23.2. The highest BCUT2D eigenvalue weighted by Crippen LogP contribution is 2.19. The highest BCUT2D eigenvalue weighted by atomic mass is 32.2. The molecule has 1 saturated heterocycles. The van der Waals surface area contributed by atoms with Crippen LogP contribution >= 0.6 is 0 Å². The number of sulfone groups is 1. The minimum atomic E-state index is -3.22. The molecule has 1 rings (SSSR count). The third kappa shape index (κ3) is 4.63. The lowest BCUT2D eigenvalue weighted by Gasteiger charge is -2.21. The fourth-order valence-electron chi connectivity index (χ4n) is 1.99. The van der Waals surface area contributed by atoms with Gasteiger partial charge >= 0.3 is 0 Å². The first kappa shape index (κ1) is 14.4. The first-order valence-electron chi connectivity index (χ1n) is 6.18. The number of hydrogen-bond acceptors (Lipinski definition) is 4. The molecule has 1 atom stereocenters. The number of hydrogen-bond donors (Lipinski definition) is 2. The molecule has 100 valence electrons. The summed E-state index contributed by atoms with van der Waals surface area (Å²) in [4.78, 5) is 11.7. The van der Waals surface area contributed by atoms with E-state index in [2.05, 4.69) is 5.32 Å². The van der Waals surface area contributed by atoms with E-state index < -0.39 is 15.1 Å². The van der Waals surface area contributed by atoms with E-state index in [0.717, 1.165) is 25.7 Å². The average Bonchev–Trinajstić information content (AvgIpc) is 2.28. The number of amides is 1. The highest BCUT2D eigenvalue weighted by molar-refractivity contribution is 7.92. The average molecular weight is 263 g/mol. The molecule has 1 amide bonds. The Hall–Kier alpha value is -0.620. The zero-order chi connectivity index (χ0) is 12.7. The predicted octanol–water partition coefficient (Wildman–Crippen LogP) is 0.232. The molecular weight excluding hydrogens is 242 g/mol. The lowest BCUT2D eigenvalue weighted by molar-refractivity contribution is -0.120. The summed E-state index contributed by atoms with van der Waals surface area (Å²) < 4.78 is 23.3. The zero-order valence-corrected chi connectivity index (χ0v) is 10.8. The van der Waals surface area contributed by atoms with Gasteiger partial charge in [0.15, 0.2) is 9.84 Å². The van der Waals surface area contributed by atoms with Crippen molar-refractivity contribution in [2.24, 2.45) is 0 Å². The smallest absolute Gasteiger partial charge is 0.238 e. The molecule has 1 fully saturated rings. The molecular formula is C11H21NO4S. The summed E-state index contributed by atoms with van der Waals surface area (Å²) in [7, 11) is -3.22. The lowest BCUT2D eigenvalue weighted by Crippen LogP contribution is -2.43. The van der Waals surface area contributed by atoms with E-state index in [1.807, 2.05) is 0 Å². The van der Waals surface area contributed by atoms with Crippen molar-refractivity contribution in [1.82, 2.24) is 5.32 Å². The Labute approximate surface area is 103 Å². The number of carbonyl (C=O) groups is 1. The highest BCUT2D eigenvalue weighted by Gasteiger charge is 2.34. The van der Waals surface area contributed by atoms with Crippen LogP contribution in [0.25, 0.3) is 0 Å². The maximum Gasteiger partial charge on any atom is 0.238 e. The molecule has 2 N–H and O–H groups in total. The van der Waals surface area contributed by atoms with Crippen molar-refractivity contribution in [3.8, 4) is 0 Å². The molecule has 1 heterocycles. The number of aliphatic hydroxyl groups excluding tert-OH is 1. The number of nitrogens with one attached hydrogen (secondary N) is 1. The molecule has 0 bridgehead atoms. The van der Waals surface area contributed by atoms with E-state index in [4.69, 9.17) is 5.11 Å². The fourth-order valence-corrected chi connectivity index (χ4v) is 3.81.